The van der Waals surface area contributed by atoms with Gasteiger partial charge in [-0.3, -0.25) is 0 Å². The summed E-state index contributed by atoms with van der Waals surface area (Å²) in [7, 11) is 0. The zero-order valence-electron chi connectivity index (χ0n) is 2.51. The Balaban J connectivity index is 2.85. The molecule has 0 unspecified atom stereocenters. The molecule has 0 saturated heterocycles. The van der Waals surface area contributed by atoms with Crippen LogP contribution in [0.3, 0.4) is 0 Å². The van der Waals surface area contributed by atoms with Crippen molar-refractivity contribution in [1.29, 1.82) is 0 Å². The first-order valence-corrected chi connectivity index (χ1v) is 1.10. The molecular weight excluding hydrogens is 76.0 g/mol. The van der Waals surface area contributed by atoms with Crippen LogP contribution in [-0.4, -0.2) is 22.8 Å². The fourth-order valence-electron chi connectivity index (χ4n) is 0. The molecule has 0 rings (SSSR count). The van der Waals surface area contributed by atoms with Crippen LogP contribution in [0.15, 0.2) is 0 Å². The van der Waals surface area contributed by atoms with Gasteiger partial charge >= 0.3 is 5.97 Å². The first-order valence-electron chi connectivity index (χ1n) is 1.10. The molecule has 0 amide bonds. The zero-order chi connectivity index (χ0) is 4.28. The van der Waals surface area contributed by atoms with E-state index in [1.807, 2.05) is 0 Å². The third-order valence-corrected chi connectivity index (χ3v) is 0.135. The molecule has 5 heavy (non-hydrogen) atoms. The quantitative estimate of drug-likeness (QED) is 0.427. The SMILES string of the molecule is O=[14C](O)[14CH2]O. The Kier molecular flexibility index (Phi) is 1.53. The topological polar surface area (TPSA) is 57.5 Å². The van der Waals surface area contributed by atoms with Gasteiger partial charge in [0.25, 0.3) is 0 Å². The highest BCUT2D eigenvalue weighted by Crippen LogP contribution is 1.48. The van der Waals surface area contributed by atoms with Gasteiger partial charge in [-0.05, 0) is 0 Å². The average Bonchev–Trinajstić information content (AvgIpc) is 1.38. The van der Waals surface area contributed by atoms with Gasteiger partial charge < -0.3 is 10.2 Å². The van der Waals surface area contributed by atoms with Gasteiger partial charge in [0.2, 0.25) is 0 Å². The van der Waals surface area contributed by atoms with Gasteiger partial charge in [0.15, 0.2) is 0 Å². The normalized spacial score (nSPS) is 7.40. The predicted molar refractivity (Wildman–Crippen MR) is 14.7 cm³/mol. The Morgan fingerprint density at radius 3 is 2.00 bits per heavy atom. The number of rotatable bonds is 1. The minimum atomic E-state index is -1.19. The molecule has 0 atom stereocenters. The third-order valence-electron chi connectivity index (χ3n) is 0.135. The molecule has 0 aliphatic heterocycles. The van der Waals surface area contributed by atoms with Crippen molar-refractivity contribution < 1.29 is 15.0 Å². The van der Waals surface area contributed by atoms with Crippen LogP contribution >= 0.6 is 0 Å². The lowest BCUT2D eigenvalue weighted by Crippen LogP contribution is -1.98. The lowest BCUT2D eigenvalue weighted by atomic mass is 12.6. The van der Waals surface area contributed by atoms with Crippen molar-refractivity contribution in [1.82, 2.24) is 0 Å². The molecule has 0 aliphatic carbocycles. The van der Waals surface area contributed by atoms with Crippen LogP contribution in [0, 0.1) is 0 Å². The maximum absolute atomic E-state index is 9.12. The Morgan fingerprint density at radius 2 is 2.00 bits per heavy atom. The number of hydrogen-bond acceptors (Lipinski definition) is 2. The van der Waals surface area contributed by atoms with Gasteiger partial charge in [-0.25, -0.2) is 4.79 Å². The first kappa shape index (κ1) is 4.43. The lowest BCUT2D eigenvalue weighted by Gasteiger charge is -1.72. The molecule has 0 aromatic heterocycles. The number of aliphatic hydroxyl groups is 1. The number of aliphatic hydroxyl groups excluding tert-OH is 1. The molecule has 0 bridgehead atoms. The smallest absolute Gasteiger partial charge is 0.329 e. The summed E-state index contributed by atoms with van der Waals surface area (Å²) in [6, 6.07) is 0. The summed E-state index contributed by atoms with van der Waals surface area (Å²) in [5, 5.41) is 15.0. The molecule has 2 N–H and O–H groups in total. The van der Waals surface area contributed by atoms with Gasteiger partial charge in [0.05, 0.1) is 0 Å². The van der Waals surface area contributed by atoms with Gasteiger partial charge in [0, 0.05) is 0 Å². The van der Waals surface area contributed by atoms with Crippen molar-refractivity contribution in [3.8, 4) is 0 Å². The predicted octanol–water partition coefficient (Wildman–Crippen LogP) is -0.937. The fourth-order valence-corrected chi connectivity index (χ4v) is 0. The molecule has 0 fully saturated rings. The molecule has 0 radical (unpaired) electrons. The number of carboxylic acid groups (broad SMARTS) is 1. The number of aliphatic carboxylic acids is 1. The lowest BCUT2D eigenvalue weighted by molar-refractivity contribution is -0.140. The summed E-state index contributed by atoms with van der Waals surface area (Å²) in [5.74, 6) is -1.19. The van der Waals surface area contributed by atoms with E-state index in [9.17, 15) is 0 Å². The van der Waals surface area contributed by atoms with Crippen LogP contribution in [0.1, 0.15) is 0 Å². The largest absolute Gasteiger partial charge is 0.480 e. The van der Waals surface area contributed by atoms with E-state index in [1.165, 1.54) is 0 Å². The van der Waals surface area contributed by atoms with E-state index in [0.717, 1.165) is 0 Å². The summed E-state index contributed by atoms with van der Waals surface area (Å²) in [5.41, 5.74) is 0. The van der Waals surface area contributed by atoms with Crippen molar-refractivity contribution in [3.05, 3.63) is 0 Å². The summed E-state index contributed by atoms with van der Waals surface area (Å²) in [4.78, 5) is 9.12. The van der Waals surface area contributed by atoms with Crippen molar-refractivity contribution in [2.75, 3.05) is 6.61 Å². The van der Waals surface area contributed by atoms with Gasteiger partial charge in [-0.1, -0.05) is 0 Å². The van der Waals surface area contributed by atoms with Crippen molar-refractivity contribution in [3.63, 3.8) is 0 Å². The zero-order valence-corrected chi connectivity index (χ0v) is 2.51. The second-order valence-electron chi connectivity index (χ2n) is 0.552. The molecule has 3 nitrogen and oxygen atoms in total. The highest BCUT2D eigenvalue weighted by molar-refractivity contribution is 5.67. The number of carbonyl (C=O) groups is 1. The molecule has 0 heterocycles. The van der Waals surface area contributed by atoms with E-state index < -0.39 is 12.6 Å². The van der Waals surface area contributed by atoms with Crippen LogP contribution in [0.4, 0.5) is 0 Å². The minimum Gasteiger partial charge on any atom is -0.480 e. The highest BCUT2D eigenvalue weighted by Gasteiger charge is 1.82. The second kappa shape index (κ2) is 1.72. The summed E-state index contributed by atoms with van der Waals surface area (Å²) >= 11 is 0. The Hall–Kier alpha value is -0.570. The Bertz CT molecular complexity index is 40.2. The van der Waals surface area contributed by atoms with Gasteiger partial charge in [0.1, 0.15) is 6.61 Å². The van der Waals surface area contributed by atoms with Crippen LogP contribution in [-0.2, 0) is 4.79 Å². The number of hydrogen-bond donors (Lipinski definition) is 2. The van der Waals surface area contributed by atoms with Crippen molar-refractivity contribution in [2.45, 2.75) is 0 Å². The summed E-state index contributed by atoms with van der Waals surface area (Å²) in [6.45, 7) is -0.778. The van der Waals surface area contributed by atoms with Crippen molar-refractivity contribution >= 4 is 5.97 Å². The molecule has 0 saturated carbocycles. The molecule has 3 heteroatoms. The second-order valence-corrected chi connectivity index (χ2v) is 0.552. The van der Waals surface area contributed by atoms with Crippen LogP contribution in [0.2, 0.25) is 0 Å². The maximum atomic E-state index is 9.12. The summed E-state index contributed by atoms with van der Waals surface area (Å²) < 4.78 is 0. The molecule has 0 aromatic carbocycles. The van der Waals surface area contributed by atoms with E-state index in [2.05, 4.69) is 0 Å². The standard InChI is InChI=1S/C2H4O3/c3-1-2(4)5/h3H,1H2,(H,4,5)/i1+2,2+2. The average molecular weight is 80.0 g/mol. The van der Waals surface area contributed by atoms with Gasteiger partial charge in [-0.2, -0.15) is 0 Å². The van der Waals surface area contributed by atoms with Crippen LogP contribution in [0.5, 0.6) is 0 Å². The van der Waals surface area contributed by atoms with E-state index in [0.29, 0.717) is 0 Å². The van der Waals surface area contributed by atoms with Gasteiger partial charge in [-0.15, -0.1) is 0 Å². The monoisotopic (exact) mass is 80.0 g/mol. The number of carboxylic acids is 1. The van der Waals surface area contributed by atoms with E-state index in [-0.39, 0.29) is 0 Å². The van der Waals surface area contributed by atoms with Crippen molar-refractivity contribution in [2.24, 2.45) is 0 Å². The minimum absolute atomic E-state index is 0.778. The molecule has 0 aromatic rings. The summed E-state index contributed by atoms with van der Waals surface area (Å²) in [6.07, 6.45) is 0. The van der Waals surface area contributed by atoms with E-state index in [4.69, 9.17) is 15.0 Å². The molecule has 0 aliphatic rings. The van der Waals surface area contributed by atoms with E-state index in [1.54, 1.807) is 0 Å². The first-order chi connectivity index (χ1) is 2.27. The molecule has 30 valence electrons. The Labute approximate surface area is 28.9 Å². The van der Waals surface area contributed by atoms with Crippen LogP contribution < -0.4 is 0 Å². The fraction of sp³-hybridized carbons (Fsp3) is 0.500. The molecule has 0 spiro atoms. The molecular formula is C2H4O3. The van der Waals surface area contributed by atoms with E-state index >= 15 is 0 Å². The Morgan fingerprint density at radius 1 is 1.80 bits per heavy atom. The third kappa shape index (κ3) is 3.43. The highest BCUT2D eigenvalue weighted by atomic mass is 16.7. The van der Waals surface area contributed by atoms with Crippen LogP contribution in [0.25, 0.3) is 0 Å². The maximum Gasteiger partial charge on any atom is 0.329 e.